The first-order valence-corrected chi connectivity index (χ1v) is 3.83. The molecule has 0 atom stereocenters. The molecule has 3 nitrogen and oxygen atoms in total. The highest BCUT2D eigenvalue weighted by Gasteiger charge is 2.05. The number of carbonyl (C=O) groups excluding carboxylic acids is 1. The van der Waals surface area contributed by atoms with Crippen molar-refractivity contribution < 1.29 is 9.53 Å². The van der Waals surface area contributed by atoms with Crippen LogP contribution < -0.4 is 5.46 Å². The van der Waals surface area contributed by atoms with Crippen molar-refractivity contribution in [3.05, 3.63) is 24.0 Å². The van der Waals surface area contributed by atoms with Gasteiger partial charge >= 0.3 is 5.97 Å². The number of nitrogens with zero attached hydrogens (tertiary/aromatic N) is 1. The summed E-state index contributed by atoms with van der Waals surface area (Å²) in [7, 11) is 1.88. The van der Waals surface area contributed by atoms with Gasteiger partial charge in [-0.2, -0.15) is 0 Å². The molecule has 0 unspecified atom stereocenters. The second kappa shape index (κ2) is 3.90. The molecule has 0 amide bonds. The number of aromatic nitrogens is 1. The predicted octanol–water partition coefficient (Wildman–Crippen LogP) is -0.483. The van der Waals surface area contributed by atoms with Gasteiger partial charge in [0.05, 0.1) is 12.2 Å². The van der Waals surface area contributed by atoms with Crippen molar-refractivity contribution in [1.82, 2.24) is 4.98 Å². The Kier molecular flexibility index (Phi) is 2.85. The van der Waals surface area contributed by atoms with E-state index in [0.29, 0.717) is 12.2 Å². The van der Waals surface area contributed by atoms with Gasteiger partial charge in [0.25, 0.3) is 0 Å². The number of rotatable bonds is 2. The van der Waals surface area contributed by atoms with E-state index in [-0.39, 0.29) is 5.97 Å². The fraction of sp³-hybridized carbons (Fsp3) is 0.250. The van der Waals surface area contributed by atoms with Gasteiger partial charge in [0.15, 0.2) is 0 Å². The Bertz CT molecular complexity index is 288. The van der Waals surface area contributed by atoms with Gasteiger partial charge in [-0.15, -0.1) is 0 Å². The Morgan fingerprint density at radius 1 is 1.67 bits per heavy atom. The maximum atomic E-state index is 11.1. The Labute approximate surface area is 72.2 Å². The van der Waals surface area contributed by atoms with Crippen LogP contribution in [-0.4, -0.2) is 25.4 Å². The summed E-state index contributed by atoms with van der Waals surface area (Å²) in [5, 5.41) is 0. The van der Waals surface area contributed by atoms with Crippen molar-refractivity contribution in [1.29, 1.82) is 0 Å². The lowest BCUT2D eigenvalue weighted by Gasteiger charge is -2.00. The summed E-state index contributed by atoms with van der Waals surface area (Å²) in [5.74, 6) is -0.311. The summed E-state index contributed by atoms with van der Waals surface area (Å²) >= 11 is 0. The van der Waals surface area contributed by atoms with Gasteiger partial charge in [0.1, 0.15) is 7.85 Å². The number of ether oxygens (including phenoxy) is 1. The number of esters is 1. The van der Waals surface area contributed by atoms with E-state index in [1.54, 1.807) is 19.2 Å². The van der Waals surface area contributed by atoms with E-state index in [4.69, 9.17) is 4.74 Å². The molecule has 1 aromatic rings. The lowest BCUT2D eigenvalue weighted by Crippen LogP contribution is -2.10. The Morgan fingerprint density at radius 3 is 3.00 bits per heavy atom. The van der Waals surface area contributed by atoms with Gasteiger partial charge < -0.3 is 4.74 Å². The first-order valence-electron chi connectivity index (χ1n) is 3.83. The fourth-order valence-corrected chi connectivity index (χ4v) is 0.881. The lowest BCUT2D eigenvalue weighted by molar-refractivity contribution is 0.0526. The minimum absolute atomic E-state index is 0.311. The van der Waals surface area contributed by atoms with Gasteiger partial charge in [-0.25, -0.2) is 4.79 Å². The fourth-order valence-electron chi connectivity index (χ4n) is 0.881. The summed E-state index contributed by atoms with van der Waals surface area (Å²) in [5.41, 5.74) is 1.47. The Balaban J connectivity index is 2.81. The van der Waals surface area contributed by atoms with E-state index < -0.39 is 0 Å². The normalized spacial score (nSPS) is 9.42. The SMILES string of the molecule is Bc1cncc(C(=O)OCC)c1. The molecular formula is C8H10BNO2. The molecule has 0 aliphatic heterocycles. The maximum Gasteiger partial charge on any atom is 0.339 e. The molecule has 0 aliphatic carbocycles. The second-order valence-corrected chi connectivity index (χ2v) is 2.47. The van der Waals surface area contributed by atoms with Crippen LogP contribution >= 0.6 is 0 Å². The minimum atomic E-state index is -0.311. The van der Waals surface area contributed by atoms with Crippen molar-refractivity contribution in [2.45, 2.75) is 6.92 Å². The molecule has 62 valence electrons. The van der Waals surface area contributed by atoms with Gasteiger partial charge in [0.2, 0.25) is 0 Å². The van der Waals surface area contributed by atoms with E-state index in [1.165, 1.54) is 6.20 Å². The molecular weight excluding hydrogens is 153 g/mol. The number of hydrogen-bond acceptors (Lipinski definition) is 3. The summed E-state index contributed by atoms with van der Waals surface area (Å²) in [6.07, 6.45) is 3.20. The van der Waals surface area contributed by atoms with Crippen molar-refractivity contribution >= 4 is 19.3 Å². The Morgan fingerprint density at radius 2 is 2.42 bits per heavy atom. The average Bonchev–Trinajstić information content (AvgIpc) is 2.05. The van der Waals surface area contributed by atoms with Crippen LogP contribution in [0.5, 0.6) is 0 Å². The molecule has 1 rings (SSSR count). The highest BCUT2D eigenvalue weighted by molar-refractivity contribution is 6.32. The predicted molar refractivity (Wildman–Crippen MR) is 48.4 cm³/mol. The van der Waals surface area contributed by atoms with Crippen LogP contribution in [-0.2, 0) is 4.74 Å². The van der Waals surface area contributed by atoms with E-state index >= 15 is 0 Å². The molecule has 0 bridgehead atoms. The molecule has 0 saturated carbocycles. The smallest absolute Gasteiger partial charge is 0.339 e. The first kappa shape index (κ1) is 8.78. The zero-order valence-electron chi connectivity index (χ0n) is 7.20. The van der Waals surface area contributed by atoms with Crippen molar-refractivity contribution in [3.63, 3.8) is 0 Å². The molecule has 0 aliphatic rings. The first-order chi connectivity index (χ1) is 5.74. The average molecular weight is 163 g/mol. The van der Waals surface area contributed by atoms with Crippen LogP contribution in [0.3, 0.4) is 0 Å². The largest absolute Gasteiger partial charge is 0.462 e. The second-order valence-electron chi connectivity index (χ2n) is 2.47. The van der Waals surface area contributed by atoms with Crippen molar-refractivity contribution in [3.8, 4) is 0 Å². The van der Waals surface area contributed by atoms with Gasteiger partial charge in [-0.1, -0.05) is 11.5 Å². The van der Waals surface area contributed by atoms with E-state index in [0.717, 1.165) is 5.46 Å². The van der Waals surface area contributed by atoms with Crippen LogP contribution in [0.15, 0.2) is 18.5 Å². The third-order valence-corrected chi connectivity index (χ3v) is 1.39. The topological polar surface area (TPSA) is 39.2 Å². The number of carbonyl (C=O) groups is 1. The monoisotopic (exact) mass is 163 g/mol. The quantitative estimate of drug-likeness (QED) is 0.436. The zero-order valence-corrected chi connectivity index (χ0v) is 7.20. The van der Waals surface area contributed by atoms with Crippen molar-refractivity contribution in [2.75, 3.05) is 6.61 Å². The standard InChI is InChI=1S/C8H10BNO2/c1-2-12-8(11)6-3-7(9)5-10-4-6/h3-5H,2,9H2,1H3. The summed E-state index contributed by atoms with van der Waals surface area (Å²) in [6, 6.07) is 1.75. The summed E-state index contributed by atoms with van der Waals surface area (Å²) in [4.78, 5) is 15.0. The Hall–Kier alpha value is -1.32. The molecule has 0 fully saturated rings. The maximum absolute atomic E-state index is 11.1. The van der Waals surface area contributed by atoms with Crippen LogP contribution in [0.25, 0.3) is 0 Å². The summed E-state index contributed by atoms with van der Waals surface area (Å²) < 4.78 is 4.80. The third kappa shape index (κ3) is 2.08. The number of hydrogen-bond donors (Lipinski definition) is 0. The number of pyridine rings is 1. The van der Waals surface area contributed by atoms with Gasteiger partial charge in [-0.3, -0.25) is 4.98 Å². The van der Waals surface area contributed by atoms with Crippen molar-refractivity contribution in [2.24, 2.45) is 0 Å². The van der Waals surface area contributed by atoms with E-state index in [2.05, 4.69) is 4.98 Å². The van der Waals surface area contributed by atoms with E-state index in [9.17, 15) is 4.79 Å². The van der Waals surface area contributed by atoms with Crippen LogP contribution in [0.1, 0.15) is 17.3 Å². The third-order valence-electron chi connectivity index (χ3n) is 1.39. The molecule has 0 spiro atoms. The van der Waals surface area contributed by atoms with Crippen LogP contribution in [0.4, 0.5) is 0 Å². The highest BCUT2D eigenvalue weighted by atomic mass is 16.5. The molecule has 0 saturated heterocycles. The minimum Gasteiger partial charge on any atom is -0.462 e. The van der Waals surface area contributed by atoms with Crippen LogP contribution in [0, 0.1) is 0 Å². The molecule has 12 heavy (non-hydrogen) atoms. The molecule has 1 aromatic heterocycles. The molecule has 0 radical (unpaired) electrons. The molecule has 4 heteroatoms. The zero-order chi connectivity index (χ0) is 8.97. The van der Waals surface area contributed by atoms with Crippen LogP contribution in [0.2, 0.25) is 0 Å². The summed E-state index contributed by atoms with van der Waals surface area (Å²) in [6.45, 7) is 2.17. The van der Waals surface area contributed by atoms with Gasteiger partial charge in [-0.05, 0) is 6.92 Å². The molecule has 0 aromatic carbocycles. The molecule has 1 heterocycles. The molecule has 0 N–H and O–H groups in total. The van der Waals surface area contributed by atoms with E-state index in [1.807, 2.05) is 7.85 Å². The van der Waals surface area contributed by atoms with Gasteiger partial charge in [0, 0.05) is 12.4 Å². The highest BCUT2D eigenvalue weighted by Crippen LogP contribution is 1.96. The lowest BCUT2D eigenvalue weighted by atomic mass is 9.97.